The fraction of sp³-hybridized carbons (Fsp3) is 0.526. The fourth-order valence-corrected chi connectivity index (χ4v) is 3.80. The predicted molar refractivity (Wildman–Crippen MR) is 93.3 cm³/mol. The topological polar surface area (TPSA) is 86.7 Å². The van der Waals surface area contributed by atoms with Crippen LogP contribution in [-0.4, -0.2) is 35.5 Å². The Morgan fingerprint density at radius 2 is 1.96 bits per heavy atom. The zero-order valence-electron chi connectivity index (χ0n) is 14.6. The minimum atomic E-state index is -0.797. The maximum absolute atomic E-state index is 12.5. The van der Waals surface area contributed by atoms with Crippen molar-refractivity contribution in [3.05, 3.63) is 29.3 Å². The molecule has 1 saturated carbocycles. The Hall–Kier alpha value is -2.37. The summed E-state index contributed by atoms with van der Waals surface area (Å²) < 4.78 is 0. The molecule has 134 valence electrons. The van der Waals surface area contributed by atoms with E-state index in [1.54, 1.807) is 4.90 Å². The summed E-state index contributed by atoms with van der Waals surface area (Å²) >= 11 is 0. The van der Waals surface area contributed by atoms with E-state index in [4.69, 9.17) is 5.11 Å². The highest BCUT2D eigenvalue weighted by Gasteiger charge is 2.38. The van der Waals surface area contributed by atoms with Crippen molar-refractivity contribution >= 4 is 23.5 Å². The molecular formula is C19H24N2O4. The first-order chi connectivity index (χ1) is 11.9. The van der Waals surface area contributed by atoms with Gasteiger partial charge in [-0.15, -0.1) is 0 Å². The van der Waals surface area contributed by atoms with Crippen LogP contribution in [0.4, 0.5) is 5.69 Å². The number of aliphatic carboxylic acids is 1. The van der Waals surface area contributed by atoms with Crippen molar-refractivity contribution in [2.24, 2.45) is 11.8 Å². The number of carbonyl (C=O) groups is 3. The van der Waals surface area contributed by atoms with Crippen molar-refractivity contribution in [1.82, 2.24) is 5.32 Å². The summed E-state index contributed by atoms with van der Waals surface area (Å²) in [6.07, 6.45) is 1.96. The number of nitrogens with one attached hydrogen (secondary N) is 1. The molecule has 0 bridgehead atoms. The Kier molecular flexibility index (Phi) is 4.79. The van der Waals surface area contributed by atoms with Gasteiger partial charge >= 0.3 is 5.97 Å². The summed E-state index contributed by atoms with van der Waals surface area (Å²) in [7, 11) is 0. The Morgan fingerprint density at radius 1 is 1.20 bits per heavy atom. The van der Waals surface area contributed by atoms with Gasteiger partial charge in [0.1, 0.15) is 0 Å². The van der Waals surface area contributed by atoms with Crippen LogP contribution < -0.4 is 10.2 Å². The van der Waals surface area contributed by atoms with E-state index >= 15 is 0 Å². The maximum atomic E-state index is 12.5. The largest absolute Gasteiger partial charge is 0.481 e. The molecule has 2 amide bonds. The maximum Gasteiger partial charge on any atom is 0.306 e. The fourth-order valence-electron chi connectivity index (χ4n) is 3.80. The number of carboxylic acid groups (broad SMARTS) is 1. The molecule has 0 aromatic heterocycles. The van der Waals surface area contributed by atoms with Gasteiger partial charge in [0.05, 0.1) is 11.8 Å². The summed E-state index contributed by atoms with van der Waals surface area (Å²) in [6, 6.07) is 5.74. The minimum Gasteiger partial charge on any atom is -0.481 e. The van der Waals surface area contributed by atoms with E-state index in [1.807, 2.05) is 32.0 Å². The molecule has 1 aliphatic heterocycles. The molecule has 1 unspecified atom stereocenters. The molecule has 1 aliphatic carbocycles. The molecule has 2 fully saturated rings. The third kappa shape index (κ3) is 3.52. The number of carbonyl (C=O) groups excluding carboxylic acids is 2. The van der Waals surface area contributed by atoms with Gasteiger partial charge in [-0.2, -0.15) is 0 Å². The SMILES string of the molecule is Cc1cccc(N2CC(C(=O)N[C@H]3CC[C@@H](C(=O)O)C3)CC2=O)c1C. The van der Waals surface area contributed by atoms with Gasteiger partial charge in [0.2, 0.25) is 11.8 Å². The van der Waals surface area contributed by atoms with Gasteiger partial charge in [-0.3, -0.25) is 14.4 Å². The number of nitrogens with zero attached hydrogens (tertiary/aromatic N) is 1. The lowest BCUT2D eigenvalue weighted by Crippen LogP contribution is -2.39. The van der Waals surface area contributed by atoms with Crippen LogP contribution in [0.15, 0.2) is 18.2 Å². The molecule has 2 N–H and O–H groups in total. The molecule has 3 atom stereocenters. The first-order valence-electron chi connectivity index (χ1n) is 8.76. The lowest BCUT2D eigenvalue weighted by Gasteiger charge is -2.20. The molecule has 1 aromatic carbocycles. The smallest absolute Gasteiger partial charge is 0.306 e. The third-order valence-electron chi connectivity index (χ3n) is 5.49. The van der Waals surface area contributed by atoms with Gasteiger partial charge in [-0.05, 0) is 50.3 Å². The molecule has 6 nitrogen and oxygen atoms in total. The second kappa shape index (κ2) is 6.86. The van der Waals surface area contributed by atoms with Gasteiger partial charge in [0.15, 0.2) is 0 Å². The van der Waals surface area contributed by atoms with E-state index in [0.717, 1.165) is 16.8 Å². The lowest BCUT2D eigenvalue weighted by atomic mass is 10.1. The van der Waals surface area contributed by atoms with Crippen LogP contribution in [0.1, 0.15) is 36.8 Å². The van der Waals surface area contributed by atoms with E-state index < -0.39 is 5.97 Å². The van der Waals surface area contributed by atoms with Crippen LogP contribution in [0, 0.1) is 25.7 Å². The van der Waals surface area contributed by atoms with Crippen LogP contribution in [-0.2, 0) is 14.4 Å². The molecule has 6 heteroatoms. The Bertz CT molecular complexity index is 715. The number of amides is 2. The quantitative estimate of drug-likeness (QED) is 0.875. The van der Waals surface area contributed by atoms with Gasteiger partial charge < -0.3 is 15.3 Å². The van der Waals surface area contributed by atoms with Crippen LogP contribution in [0.3, 0.4) is 0 Å². The van der Waals surface area contributed by atoms with E-state index in [1.165, 1.54) is 0 Å². The van der Waals surface area contributed by atoms with Crippen molar-refractivity contribution in [3.8, 4) is 0 Å². The van der Waals surface area contributed by atoms with Gasteiger partial charge in [-0.1, -0.05) is 12.1 Å². The van der Waals surface area contributed by atoms with Crippen molar-refractivity contribution < 1.29 is 19.5 Å². The summed E-state index contributed by atoms with van der Waals surface area (Å²) in [5, 5.41) is 12.0. The molecule has 1 heterocycles. The molecular weight excluding hydrogens is 320 g/mol. The Morgan fingerprint density at radius 3 is 2.64 bits per heavy atom. The molecule has 25 heavy (non-hydrogen) atoms. The zero-order chi connectivity index (χ0) is 18.1. The zero-order valence-corrected chi connectivity index (χ0v) is 14.6. The number of anilines is 1. The van der Waals surface area contributed by atoms with Gasteiger partial charge in [0, 0.05) is 24.7 Å². The summed E-state index contributed by atoms with van der Waals surface area (Å²) in [5.41, 5.74) is 3.04. The highest BCUT2D eigenvalue weighted by Crippen LogP contribution is 2.30. The standard InChI is InChI=1S/C19H24N2O4/c1-11-4-3-5-16(12(11)2)21-10-14(9-17(21)22)18(23)20-15-7-6-13(8-15)19(24)25/h3-5,13-15H,6-10H2,1-2H3,(H,20,23)(H,24,25)/t13-,14?,15+/m1/s1. The van der Waals surface area contributed by atoms with Crippen LogP contribution in [0.2, 0.25) is 0 Å². The number of rotatable bonds is 4. The molecule has 0 spiro atoms. The van der Waals surface area contributed by atoms with Crippen molar-refractivity contribution in [3.63, 3.8) is 0 Å². The molecule has 0 radical (unpaired) electrons. The number of aryl methyl sites for hydroxylation is 1. The number of hydrogen-bond acceptors (Lipinski definition) is 3. The first-order valence-corrected chi connectivity index (χ1v) is 8.76. The normalized spacial score (nSPS) is 26.1. The van der Waals surface area contributed by atoms with Crippen molar-refractivity contribution in [1.29, 1.82) is 0 Å². The van der Waals surface area contributed by atoms with Crippen LogP contribution >= 0.6 is 0 Å². The van der Waals surface area contributed by atoms with E-state index in [-0.39, 0.29) is 36.1 Å². The molecule has 1 saturated heterocycles. The predicted octanol–water partition coefficient (Wildman–Crippen LogP) is 2.03. The monoisotopic (exact) mass is 344 g/mol. The molecule has 2 aliphatic rings. The number of hydrogen-bond donors (Lipinski definition) is 2. The highest BCUT2D eigenvalue weighted by molar-refractivity contribution is 6.01. The second-order valence-corrected chi connectivity index (χ2v) is 7.18. The Balaban J connectivity index is 1.63. The summed E-state index contributed by atoms with van der Waals surface area (Å²) in [4.78, 5) is 37.6. The average Bonchev–Trinajstić information content (AvgIpc) is 3.17. The van der Waals surface area contributed by atoms with E-state index in [0.29, 0.717) is 25.8 Å². The second-order valence-electron chi connectivity index (χ2n) is 7.18. The van der Waals surface area contributed by atoms with Gasteiger partial charge in [-0.25, -0.2) is 0 Å². The lowest BCUT2D eigenvalue weighted by molar-refractivity contribution is -0.141. The average molecular weight is 344 g/mol. The molecule has 3 rings (SSSR count). The van der Waals surface area contributed by atoms with Crippen molar-refractivity contribution in [2.75, 3.05) is 11.4 Å². The first kappa shape index (κ1) is 17.5. The van der Waals surface area contributed by atoms with Gasteiger partial charge in [0.25, 0.3) is 0 Å². The Labute approximate surface area is 147 Å². The van der Waals surface area contributed by atoms with Crippen LogP contribution in [0.25, 0.3) is 0 Å². The number of benzene rings is 1. The molecule has 1 aromatic rings. The van der Waals surface area contributed by atoms with E-state index in [9.17, 15) is 14.4 Å². The van der Waals surface area contributed by atoms with Crippen molar-refractivity contribution in [2.45, 2.75) is 45.6 Å². The minimum absolute atomic E-state index is 0.0383. The van der Waals surface area contributed by atoms with E-state index in [2.05, 4.69) is 5.32 Å². The third-order valence-corrected chi connectivity index (χ3v) is 5.49. The summed E-state index contributed by atoms with van der Waals surface area (Å²) in [6.45, 7) is 4.36. The highest BCUT2D eigenvalue weighted by atomic mass is 16.4. The summed E-state index contributed by atoms with van der Waals surface area (Å²) in [5.74, 6) is -1.73. The number of carboxylic acids is 1. The van der Waals surface area contributed by atoms with Crippen LogP contribution in [0.5, 0.6) is 0 Å².